The lowest BCUT2D eigenvalue weighted by Gasteiger charge is -2.34. The van der Waals surface area contributed by atoms with Gasteiger partial charge < -0.3 is 29.6 Å². The molecule has 8 nitrogen and oxygen atoms in total. The molecule has 0 aromatic heterocycles. The third-order valence-electron chi connectivity index (χ3n) is 5.89. The molecule has 0 radical (unpaired) electrons. The molecule has 0 spiro atoms. The molecule has 2 N–H and O–H groups in total. The summed E-state index contributed by atoms with van der Waals surface area (Å²) < 4.78 is 22.3. The number of morpholine rings is 1. The van der Waals surface area contributed by atoms with Gasteiger partial charge in [0.25, 0.3) is 0 Å². The lowest BCUT2D eigenvalue weighted by Crippen LogP contribution is -2.42. The Kier molecular flexibility index (Phi) is 14.0. The van der Waals surface area contributed by atoms with E-state index in [0.717, 1.165) is 90.2 Å². The van der Waals surface area contributed by atoms with Crippen molar-refractivity contribution in [1.29, 1.82) is 0 Å². The van der Waals surface area contributed by atoms with Crippen LogP contribution in [-0.2, 0) is 14.2 Å². The summed E-state index contributed by atoms with van der Waals surface area (Å²) in [7, 11) is 1.70. The van der Waals surface area contributed by atoms with E-state index in [2.05, 4.69) is 34.6 Å². The van der Waals surface area contributed by atoms with Gasteiger partial charge in [-0.15, -0.1) is 24.0 Å². The van der Waals surface area contributed by atoms with Crippen molar-refractivity contribution in [3.05, 3.63) is 29.8 Å². The van der Waals surface area contributed by atoms with E-state index >= 15 is 0 Å². The van der Waals surface area contributed by atoms with Crippen molar-refractivity contribution in [1.82, 2.24) is 15.5 Å². The predicted octanol–water partition coefficient (Wildman–Crippen LogP) is 2.83. The van der Waals surface area contributed by atoms with E-state index < -0.39 is 0 Å². The number of methoxy groups -OCH3 is 1. The van der Waals surface area contributed by atoms with Gasteiger partial charge >= 0.3 is 0 Å². The number of rotatable bonds is 11. The summed E-state index contributed by atoms with van der Waals surface area (Å²) in [6.45, 7) is 10.2. The van der Waals surface area contributed by atoms with Crippen molar-refractivity contribution in [2.75, 3.05) is 72.9 Å². The molecule has 9 heteroatoms. The summed E-state index contributed by atoms with van der Waals surface area (Å²) in [4.78, 5) is 7.38. The minimum atomic E-state index is 0. The molecule has 0 amide bonds. The lowest BCUT2D eigenvalue weighted by molar-refractivity contribution is -0.0320. The molecule has 2 aliphatic rings. The summed E-state index contributed by atoms with van der Waals surface area (Å²) in [5, 5.41) is 6.83. The number of guanidine groups is 1. The molecule has 1 atom stereocenters. The van der Waals surface area contributed by atoms with Gasteiger partial charge in [-0.1, -0.05) is 12.1 Å². The Morgan fingerprint density at radius 1 is 1.09 bits per heavy atom. The Hall–Kier alpha value is -1.14. The van der Waals surface area contributed by atoms with Crippen LogP contribution < -0.4 is 15.4 Å². The third kappa shape index (κ3) is 9.94. The van der Waals surface area contributed by atoms with Crippen LogP contribution in [0.5, 0.6) is 5.75 Å². The van der Waals surface area contributed by atoms with Crippen molar-refractivity contribution in [3.63, 3.8) is 0 Å². The molecule has 0 saturated carbocycles. The highest BCUT2D eigenvalue weighted by Gasteiger charge is 2.22. The Morgan fingerprint density at radius 2 is 1.79 bits per heavy atom. The van der Waals surface area contributed by atoms with Crippen molar-refractivity contribution >= 4 is 29.9 Å². The van der Waals surface area contributed by atoms with Crippen LogP contribution in [0.3, 0.4) is 0 Å². The molecule has 188 valence electrons. The lowest BCUT2D eigenvalue weighted by atomic mass is 10.0. The van der Waals surface area contributed by atoms with Gasteiger partial charge in [-0.3, -0.25) is 9.89 Å². The third-order valence-corrected chi connectivity index (χ3v) is 5.89. The van der Waals surface area contributed by atoms with Crippen molar-refractivity contribution in [2.45, 2.75) is 38.3 Å². The fourth-order valence-corrected chi connectivity index (χ4v) is 4.04. The fourth-order valence-electron chi connectivity index (χ4n) is 4.04. The Balaban J connectivity index is 0.00000385. The normalized spacial score (nSPS) is 18.9. The Morgan fingerprint density at radius 3 is 2.45 bits per heavy atom. The van der Waals surface area contributed by atoms with Crippen LogP contribution in [0.1, 0.15) is 37.8 Å². The van der Waals surface area contributed by atoms with E-state index in [1.54, 1.807) is 7.11 Å². The number of nitrogens with one attached hydrogen (secondary N) is 2. The minimum Gasteiger partial charge on any atom is -0.497 e. The van der Waals surface area contributed by atoms with Crippen molar-refractivity contribution < 1.29 is 18.9 Å². The first-order valence-electron chi connectivity index (χ1n) is 12.0. The number of hydrogen-bond acceptors (Lipinski definition) is 6. The average Bonchev–Trinajstić information content (AvgIpc) is 2.85. The zero-order valence-corrected chi connectivity index (χ0v) is 22.4. The van der Waals surface area contributed by atoms with Crippen LogP contribution in [-0.4, -0.2) is 89.8 Å². The second-order valence-corrected chi connectivity index (χ2v) is 8.12. The fraction of sp³-hybridized carbons (Fsp3) is 0.708. The second-order valence-electron chi connectivity index (χ2n) is 8.12. The van der Waals surface area contributed by atoms with E-state index in [1.807, 2.05) is 12.1 Å². The SMILES string of the molecule is CCNC(=NCC(c1ccc(OC)cc1)N1CCOCC1)NCCCOC1CCOCC1.I. The number of nitrogens with zero attached hydrogens (tertiary/aromatic N) is 2. The molecule has 1 aromatic carbocycles. The molecule has 3 rings (SSSR count). The van der Waals surface area contributed by atoms with Crippen LogP contribution in [0.25, 0.3) is 0 Å². The summed E-state index contributed by atoms with van der Waals surface area (Å²) in [5.74, 6) is 1.72. The second kappa shape index (κ2) is 16.5. The van der Waals surface area contributed by atoms with Crippen LogP contribution >= 0.6 is 24.0 Å². The Bertz CT molecular complexity index is 665. The van der Waals surface area contributed by atoms with Crippen LogP contribution in [0.15, 0.2) is 29.3 Å². The molecule has 2 fully saturated rings. The molecule has 0 aliphatic carbocycles. The summed E-state index contributed by atoms with van der Waals surface area (Å²) in [5.41, 5.74) is 1.25. The summed E-state index contributed by atoms with van der Waals surface area (Å²) in [6, 6.07) is 8.53. The van der Waals surface area contributed by atoms with Gasteiger partial charge in [0.1, 0.15) is 5.75 Å². The quantitative estimate of drug-likeness (QED) is 0.182. The number of halogens is 1. The maximum Gasteiger partial charge on any atom is 0.191 e. The first kappa shape index (κ1) is 28.1. The van der Waals surface area contributed by atoms with Crippen molar-refractivity contribution in [3.8, 4) is 5.75 Å². The zero-order chi connectivity index (χ0) is 22.4. The van der Waals surface area contributed by atoms with Crippen LogP contribution in [0.4, 0.5) is 0 Å². The molecular formula is C24H41IN4O4. The highest BCUT2D eigenvalue weighted by atomic mass is 127. The monoisotopic (exact) mass is 576 g/mol. The first-order valence-corrected chi connectivity index (χ1v) is 12.0. The maximum absolute atomic E-state index is 5.97. The number of aliphatic imine (C=N–C) groups is 1. The molecular weight excluding hydrogens is 535 g/mol. The highest BCUT2D eigenvalue weighted by Crippen LogP contribution is 2.24. The van der Waals surface area contributed by atoms with Gasteiger partial charge in [0.05, 0.1) is 39.0 Å². The number of benzene rings is 1. The zero-order valence-electron chi connectivity index (χ0n) is 20.1. The first-order chi connectivity index (χ1) is 15.8. The maximum atomic E-state index is 5.97. The van der Waals surface area contributed by atoms with Crippen LogP contribution in [0, 0.1) is 0 Å². The number of ether oxygens (including phenoxy) is 4. The van der Waals surface area contributed by atoms with Gasteiger partial charge in [-0.2, -0.15) is 0 Å². The molecule has 1 aromatic rings. The van der Waals surface area contributed by atoms with E-state index in [0.29, 0.717) is 12.6 Å². The standard InChI is InChI=1S/C24H40N4O4.HI/c1-3-25-24(26-11-4-14-32-22-9-15-30-16-10-22)27-19-23(28-12-17-31-18-13-28)20-5-7-21(29-2)8-6-20;/h5-8,22-23H,3-4,9-19H2,1-2H3,(H2,25,26,27);1H. The number of hydrogen-bond donors (Lipinski definition) is 2. The van der Waals surface area contributed by atoms with Gasteiger partial charge in [-0.25, -0.2) is 0 Å². The largest absolute Gasteiger partial charge is 0.497 e. The highest BCUT2D eigenvalue weighted by molar-refractivity contribution is 14.0. The molecule has 2 saturated heterocycles. The summed E-state index contributed by atoms with van der Waals surface area (Å²) >= 11 is 0. The van der Waals surface area contributed by atoms with Crippen molar-refractivity contribution in [2.24, 2.45) is 4.99 Å². The van der Waals surface area contributed by atoms with E-state index in [9.17, 15) is 0 Å². The summed E-state index contributed by atoms with van der Waals surface area (Å²) in [6.07, 6.45) is 3.31. The van der Waals surface area contributed by atoms with E-state index in [4.69, 9.17) is 23.9 Å². The minimum absolute atomic E-state index is 0. The van der Waals surface area contributed by atoms with E-state index in [1.165, 1.54) is 5.56 Å². The van der Waals surface area contributed by atoms with Crippen LogP contribution in [0.2, 0.25) is 0 Å². The smallest absolute Gasteiger partial charge is 0.191 e. The van der Waals surface area contributed by atoms with Gasteiger partial charge in [-0.05, 0) is 43.9 Å². The topological polar surface area (TPSA) is 76.6 Å². The molecule has 33 heavy (non-hydrogen) atoms. The molecule has 2 heterocycles. The molecule has 1 unspecified atom stereocenters. The van der Waals surface area contributed by atoms with Gasteiger partial charge in [0.2, 0.25) is 0 Å². The van der Waals surface area contributed by atoms with Gasteiger partial charge in [0, 0.05) is 46.0 Å². The average molecular weight is 577 g/mol. The predicted molar refractivity (Wildman–Crippen MR) is 142 cm³/mol. The van der Waals surface area contributed by atoms with Gasteiger partial charge in [0.15, 0.2) is 5.96 Å². The Labute approximate surface area is 215 Å². The molecule has 0 bridgehead atoms. The molecule has 2 aliphatic heterocycles. The van der Waals surface area contributed by atoms with E-state index in [-0.39, 0.29) is 30.0 Å².